The molecule has 0 saturated carbocycles. The lowest BCUT2D eigenvalue weighted by molar-refractivity contribution is 0.0696. The van der Waals surface area contributed by atoms with Gasteiger partial charge >= 0.3 is 5.97 Å². The van der Waals surface area contributed by atoms with Gasteiger partial charge in [-0.3, -0.25) is 0 Å². The molecule has 4 nitrogen and oxygen atoms in total. The number of aromatic nitrogens is 1. The van der Waals surface area contributed by atoms with Crippen LogP contribution in [-0.2, 0) is 0 Å². The van der Waals surface area contributed by atoms with Gasteiger partial charge in [-0.05, 0) is 19.1 Å². The van der Waals surface area contributed by atoms with Crippen LogP contribution in [0.15, 0.2) is 22.7 Å². The first kappa shape index (κ1) is 11.3. The average molecular weight is 239 g/mol. The van der Waals surface area contributed by atoms with E-state index in [2.05, 4.69) is 5.16 Å². The Hall–Kier alpha value is -2.24. The van der Waals surface area contributed by atoms with E-state index < -0.39 is 17.6 Å². The highest BCUT2D eigenvalue weighted by Crippen LogP contribution is 2.27. The van der Waals surface area contributed by atoms with Gasteiger partial charge in [0.05, 0.1) is 0 Å². The molecule has 0 saturated heterocycles. The number of carboxylic acids is 1. The average Bonchev–Trinajstić information content (AvgIpc) is 2.60. The Labute approximate surface area is 94.5 Å². The van der Waals surface area contributed by atoms with Gasteiger partial charge in [0.1, 0.15) is 28.7 Å². The largest absolute Gasteiger partial charge is 0.477 e. The predicted octanol–water partition coefficient (Wildman–Crippen LogP) is 2.63. The number of benzene rings is 1. The molecule has 17 heavy (non-hydrogen) atoms. The number of rotatable bonds is 2. The third-order valence-corrected chi connectivity index (χ3v) is 2.26. The highest BCUT2D eigenvalue weighted by atomic mass is 19.1. The van der Waals surface area contributed by atoms with Crippen molar-refractivity contribution in [1.29, 1.82) is 0 Å². The summed E-state index contributed by atoms with van der Waals surface area (Å²) in [5, 5.41) is 12.4. The minimum atomic E-state index is -1.28. The molecular formula is C11H7F2NO3. The molecule has 0 radical (unpaired) electrons. The quantitative estimate of drug-likeness (QED) is 0.874. The third kappa shape index (κ3) is 1.89. The first-order valence-corrected chi connectivity index (χ1v) is 4.65. The van der Waals surface area contributed by atoms with Crippen molar-refractivity contribution in [2.75, 3.05) is 0 Å². The molecule has 0 aliphatic carbocycles. The summed E-state index contributed by atoms with van der Waals surface area (Å²) >= 11 is 0. The van der Waals surface area contributed by atoms with Gasteiger partial charge in [-0.2, -0.15) is 0 Å². The minimum absolute atomic E-state index is 0.0659. The van der Waals surface area contributed by atoms with Crippen molar-refractivity contribution in [2.24, 2.45) is 0 Å². The first-order valence-electron chi connectivity index (χ1n) is 4.65. The van der Waals surface area contributed by atoms with Crippen molar-refractivity contribution in [1.82, 2.24) is 5.16 Å². The maximum Gasteiger partial charge on any atom is 0.341 e. The van der Waals surface area contributed by atoms with E-state index >= 15 is 0 Å². The van der Waals surface area contributed by atoms with E-state index in [1.54, 1.807) is 0 Å². The van der Waals surface area contributed by atoms with Crippen LogP contribution in [0.1, 0.15) is 16.1 Å². The van der Waals surface area contributed by atoms with Crippen LogP contribution in [0.2, 0.25) is 0 Å². The number of nitrogens with zero attached hydrogens (tertiary/aromatic N) is 1. The maximum atomic E-state index is 13.5. The van der Waals surface area contributed by atoms with Crippen LogP contribution in [0.4, 0.5) is 8.78 Å². The fraction of sp³-hybridized carbons (Fsp3) is 0.0909. The van der Waals surface area contributed by atoms with E-state index in [1.165, 1.54) is 6.92 Å². The zero-order chi connectivity index (χ0) is 12.6. The predicted molar refractivity (Wildman–Crippen MR) is 53.6 cm³/mol. The molecule has 1 aromatic carbocycles. The molecule has 0 spiro atoms. The Morgan fingerprint density at radius 2 is 2.12 bits per heavy atom. The van der Waals surface area contributed by atoms with Crippen molar-refractivity contribution in [3.05, 3.63) is 41.2 Å². The van der Waals surface area contributed by atoms with E-state index in [9.17, 15) is 13.6 Å². The van der Waals surface area contributed by atoms with E-state index in [-0.39, 0.29) is 22.6 Å². The van der Waals surface area contributed by atoms with Crippen LogP contribution >= 0.6 is 0 Å². The zero-order valence-electron chi connectivity index (χ0n) is 8.70. The second-order valence-electron chi connectivity index (χ2n) is 3.39. The fourth-order valence-corrected chi connectivity index (χ4v) is 1.49. The topological polar surface area (TPSA) is 63.3 Å². The summed E-state index contributed by atoms with van der Waals surface area (Å²) in [6, 6.07) is 2.80. The Morgan fingerprint density at radius 3 is 2.71 bits per heavy atom. The summed E-state index contributed by atoms with van der Waals surface area (Å²) in [5.74, 6) is -2.84. The van der Waals surface area contributed by atoms with E-state index in [4.69, 9.17) is 9.63 Å². The molecule has 0 atom stereocenters. The molecule has 88 valence electrons. The summed E-state index contributed by atoms with van der Waals surface area (Å²) < 4.78 is 30.9. The molecule has 1 aromatic heterocycles. The van der Waals surface area contributed by atoms with Gasteiger partial charge in [0, 0.05) is 11.6 Å². The lowest BCUT2D eigenvalue weighted by Crippen LogP contribution is -2.00. The van der Waals surface area contributed by atoms with Gasteiger partial charge in [-0.25, -0.2) is 13.6 Å². The molecule has 1 heterocycles. The summed E-state index contributed by atoms with van der Waals surface area (Å²) in [7, 11) is 0. The Bertz CT molecular complexity index is 592. The van der Waals surface area contributed by atoms with Crippen LogP contribution < -0.4 is 0 Å². The normalized spacial score (nSPS) is 10.5. The molecular weight excluding hydrogens is 232 g/mol. The zero-order valence-corrected chi connectivity index (χ0v) is 8.70. The van der Waals surface area contributed by atoms with Crippen LogP contribution in [0.3, 0.4) is 0 Å². The highest BCUT2D eigenvalue weighted by molar-refractivity contribution is 5.95. The second-order valence-corrected chi connectivity index (χ2v) is 3.39. The minimum Gasteiger partial charge on any atom is -0.477 e. The Morgan fingerprint density at radius 1 is 1.41 bits per heavy atom. The van der Waals surface area contributed by atoms with Gasteiger partial charge in [0.25, 0.3) is 0 Å². The lowest BCUT2D eigenvalue weighted by atomic mass is 10.1. The van der Waals surface area contributed by atoms with E-state index in [0.29, 0.717) is 6.07 Å². The molecule has 0 aliphatic heterocycles. The number of carboxylic acid groups (broad SMARTS) is 1. The van der Waals surface area contributed by atoms with E-state index in [1.807, 2.05) is 0 Å². The van der Waals surface area contributed by atoms with Gasteiger partial charge in [0.2, 0.25) is 0 Å². The van der Waals surface area contributed by atoms with Crippen molar-refractivity contribution in [3.8, 4) is 11.3 Å². The van der Waals surface area contributed by atoms with Crippen LogP contribution in [-0.4, -0.2) is 16.2 Å². The molecule has 0 fully saturated rings. The van der Waals surface area contributed by atoms with Gasteiger partial charge in [-0.1, -0.05) is 5.16 Å². The molecule has 1 N–H and O–H groups in total. The van der Waals surface area contributed by atoms with Crippen molar-refractivity contribution < 1.29 is 23.2 Å². The van der Waals surface area contributed by atoms with Gasteiger partial charge < -0.3 is 9.63 Å². The molecule has 0 bridgehead atoms. The summed E-state index contributed by atoms with van der Waals surface area (Å²) in [6.07, 6.45) is 0. The molecule has 2 aromatic rings. The maximum absolute atomic E-state index is 13.5. The van der Waals surface area contributed by atoms with Crippen molar-refractivity contribution in [2.45, 2.75) is 6.92 Å². The van der Waals surface area contributed by atoms with Crippen molar-refractivity contribution in [3.63, 3.8) is 0 Å². The fourth-order valence-electron chi connectivity index (χ4n) is 1.49. The first-order chi connectivity index (χ1) is 8.00. The molecule has 6 heteroatoms. The summed E-state index contributed by atoms with van der Waals surface area (Å²) in [6.45, 7) is 1.40. The van der Waals surface area contributed by atoms with Crippen molar-refractivity contribution >= 4 is 5.97 Å². The second kappa shape index (κ2) is 3.97. The Balaban J connectivity index is 2.65. The highest BCUT2D eigenvalue weighted by Gasteiger charge is 2.23. The molecule has 0 unspecified atom stereocenters. The standard InChI is InChI=1S/C11H7F2NO3/c1-5-9(11(15)16)10(14-17-5)7-3-2-6(12)4-8(7)13/h2-4H,1H3,(H,15,16). The van der Waals surface area contributed by atoms with Crippen LogP contribution in [0.25, 0.3) is 11.3 Å². The smallest absolute Gasteiger partial charge is 0.341 e. The van der Waals surface area contributed by atoms with Crippen LogP contribution in [0.5, 0.6) is 0 Å². The van der Waals surface area contributed by atoms with Crippen LogP contribution in [0, 0.1) is 18.6 Å². The Kier molecular flexibility index (Phi) is 2.63. The van der Waals surface area contributed by atoms with Gasteiger partial charge in [-0.15, -0.1) is 0 Å². The number of aromatic carboxylic acids is 1. The third-order valence-electron chi connectivity index (χ3n) is 2.26. The monoisotopic (exact) mass is 239 g/mol. The van der Waals surface area contributed by atoms with Gasteiger partial charge in [0.15, 0.2) is 0 Å². The SMILES string of the molecule is Cc1onc(-c2ccc(F)cc2F)c1C(=O)O. The molecule has 2 rings (SSSR count). The number of halogens is 2. The molecule has 0 amide bonds. The number of aryl methyl sites for hydroxylation is 1. The molecule has 0 aliphatic rings. The number of hydrogen-bond acceptors (Lipinski definition) is 3. The number of hydrogen-bond donors (Lipinski definition) is 1. The lowest BCUT2D eigenvalue weighted by Gasteiger charge is -2.00. The number of carbonyl (C=O) groups is 1. The summed E-state index contributed by atoms with van der Waals surface area (Å²) in [5.41, 5.74) is -0.483. The summed E-state index contributed by atoms with van der Waals surface area (Å²) in [4.78, 5) is 11.0. The van der Waals surface area contributed by atoms with E-state index in [0.717, 1.165) is 12.1 Å².